The molecule has 14 heavy (non-hydrogen) atoms. The minimum Gasteiger partial charge on any atom is -0.350 e. The molecule has 0 aromatic rings. The van der Waals surface area contributed by atoms with Crippen molar-refractivity contribution in [3.05, 3.63) is 0 Å². The first-order chi connectivity index (χ1) is 6.70. The highest BCUT2D eigenvalue weighted by molar-refractivity contribution is 5.79. The topological polar surface area (TPSA) is 62.4 Å². The molecule has 1 aliphatic rings. The summed E-state index contributed by atoms with van der Waals surface area (Å²) in [4.78, 5) is 4.34. The van der Waals surface area contributed by atoms with E-state index >= 15 is 0 Å². The SMILES string of the molecule is CCCN=C(NN)NC1(C)CCCC1. The van der Waals surface area contributed by atoms with Crippen LogP contribution in [0.5, 0.6) is 0 Å². The van der Waals surface area contributed by atoms with Gasteiger partial charge in [0.1, 0.15) is 0 Å². The second-order valence-electron chi connectivity index (χ2n) is 4.27. The number of nitrogens with two attached hydrogens (primary N) is 1. The van der Waals surface area contributed by atoms with Crippen LogP contribution in [0, 0.1) is 0 Å². The third-order valence-electron chi connectivity index (χ3n) is 2.76. The Labute approximate surface area is 86.3 Å². The first-order valence-corrected chi connectivity index (χ1v) is 5.49. The Morgan fingerprint density at radius 1 is 1.43 bits per heavy atom. The van der Waals surface area contributed by atoms with Gasteiger partial charge in [-0.05, 0) is 26.2 Å². The van der Waals surface area contributed by atoms with Gasteiger partial charge in [0.15, 0.2) is 0 Å². The van der Waals surface area contributed by atoms with Crippen molar-refractivity contribution in [2.45, 2.75) is 51.5 Å². The molecule has 1 saturated carbocycles. The molecule has 4 heteroatoms. The molecule has 0 aliphatic heterocycles. The van der Waals surface area contributed by atoms with Crippen molar-refractivity contribution in [3.8, 4) is 0 Å². The maximum atomic E-state index is 5.41. The molecular weight excluding hydrogens is 176 g/mol. The molecule has 1 rings (SSSR count). The predicted molar refractivity (Wildman–Crippen MR) is 59.9 cm³/mol. The van der Waals surface area contributed by atoms with Crippen LogP contribution in [0.25, 0.3) is 0 Å². The fourth-order valence-electron chi connectivity index (χ4n) is 1.91. The normalized spacial score (nSPS) is 20.9. The van der Waals surface area contributed by atoms with Crippen LogP contribution in [0.4, 0.5) is 0 Å². The van der Waals surface area contributed by atoms with Crippen molar-refractivity contribution in [2.24, 2.45) is 10.8 Å². The number of nitrogens with zero attached hydrogens (tertiary/aromatic N) is 1. The molecule has 0 radical (unpaired) electrons. The van der Waals surface area contributed by atoms with Gasteiger partial charge >= 0.3 is 0 Å². The van der Waals surface area contributed by atoms with Crippen LogP contribution in [0.2, 0.25) is 0 Å². The van der Waals surface area contributed by atoms with Crippen molar-refractivity contribution in [2.75, 3.05) is 6.54 Å². The fourth-order valence-corrected chi connectivity index (χ4v) is 1.91. The van der Waals surface area contributed by atoms with E-state index in [1.807, 2.05) is 0 Å². The van der Waals surface area contributed by atoms with E-state index in [0.717, 1.165) is 18.9 Å². The van der Waals surface area contributed by atoms with Crippen LogP contribution in [-0.4, -0.2) is 18.0 Å². The third-order valence-corrected chi connectivity index (χ3v) is 2.76. The molecule has 82 valence electrons. The van der Waals surface area contributed by atoms with Crippen LogP contribution in [0.3, 0.4) is 0 Å². The third kappa shape index (κ3) is 3.18. The summed E-state index contributed by atoms with van der Waals surface area (Å²) in [5, 5.41) is 3.39. The monoisotopic (exact) mass is 198 g/mol. The first kappa shape index (κ1) is 11.3. The molecule has 0 heterocycles. The van der Waals surface area contributed by atoms with Gasteiger partial charge in [0.2, 0.25) is 5.96 Å². The summed E-state index contributed by atoms with van der Waals surface area (Å²) in [6.07, 6.45) is 6.06. The van der Waals surface area contributed by atoms with E-state index in [1.54, 1.807) is 0 Å². The van der Waals surface area contributed by atoms with Crippen LogP contribution in [0.15, 0.2) is 4.99 Å². The average molecular weight is 198 g/mol. The van der Waals surface area contributed by atoms with E-state index in [0.29, 0.717) is 0 Å². The van der Waals surface area contributed by atoms with Gasteiger partial charge in [-0.3, -0.25) is 10.4 Å². The summed E-state index contributed by atoms with van der Waals surface area (Å²) >= 11 is 0. The molecular formula is C10H22N4. The Morgan fingerprint density at radius 2 is 2.07 bits per heavy atom. The zero-order chi connectivity index (χ0) is 10.4. The van der Waals surface area contributed by atoms with Crippen molar-refractivity contribution >= 4 is 5.96 Å². The molecule has 0 aromatic heterocycles. The van der Waals surface area contributed by atoms with Gasteiger partial charge in [-0.15, -0.1) is 0 Å². The predicted octanol–water partition coefficient (Wildman–Crippen LogP) is 1.14. The minimum absolute atomic E-state index is 0.193. The minimum atomic E-state index is 0.193. The fraction of sp³-hybridized carbons (Fsp3) is 0.900. The molecule has 4 nitrogen and oxygen atoms in total. The maximum absolute atomic E-state index is 5.41. The summed E-state index contributed by atoms with van der Waals surface area (Å²) in [6, 6.07) is 0. The molecule has 0 aromatic carbocycles. The molecule has 4 N–H and O–H groups in total. The lowest BCUT2D eigenvalue weighted by atomic mass is 10.0. The molecule has 0 atom stereocenters. The van der Waals surface area contributed by atoms with Gasteiger partial charge in [0.25, 0.3) is 0 Å². The van der Waals surface area contributed by atoms with E-state index in [9.17, 15) is 0 Å². The second-order valence-corrected chi connectivity index (χ2v) is 4.27. The number of guanidine groups is 1. The van der Waals surface area contributed by atoms with Gasteiger partial charge in [0, 0.05) is 12.1 Å². The Hall–Kier alpha value is -0.770. The van der Waals surface area contributed by atoms with E-state index < -0.39 is 0 Å². The standard InChI is InChI=1S/C10H22N4/c1-3-8-12-9(14-11)13-10(2)6-4-5-7-10/h3-8,11H2,1-2H3,(H2,12,13,14). The lowest BCUT2D eigenvalue weighted by Gasteiger charge is -2.27. The van der Waals surface area contributed by atoms with Gasteiger partial charge in [-0.1, -0.05) is 19.8 Å². The van der Waals surface area contributed by atoms with E-state index in [4.69, 9.17) is 5.84 Å². The van der Waals surface area contributed by atoms with Crippen LogP contribution in [0.1, 0.15) is 46.0 Å². The maximum Gasteiger partial charge on any atom is 0.206 e. The smallest absolute Gasteiger partial charge is 0.206 e. The van der Waals surface area contributed by atoms with E-state index in [2.05, 4.69) is 29.6 Å². The molecule has 1 fully saturated rings. The molecule has 0 spiro atoms. The van der Waals surface area contributed by atoms with E-state index in [1.165, 1.54) is 25.7 Å². The lowest BCUT2D eigenvalue weighted by molar-refractivity contribution is 0.425. The van der Waals surface area contributed by atoms with Gasteiger partial charge in [0.05, 0.1) is 0 Å². The number of rotatable bonds is 3. The first-order valence-electron chi connectivity index (χ1n) is 5.49. The van der Waals surface area contributed by atoms with Gasteiger partial charge in [-0.25, -0.2) is 5.84 Å². The summed E-state index contributed by atoms with van der Waals surface area (Å²) in [6.45, 7) is 5.16. The summed E-state index contributed by atoms with van der Waals surface area (Å²) < 4.78 is 0. The number of hydrazine groups is 1. The zero-order valence-corrected chi connectivity index (χ0v) is 9.27. The quantitative estimate of drug-likeness (QED) is 0.276. The van der Waals surface area contributed by atoms with Crippen molar-refractivity contribution in [1.82, 2.24) is 10.7 Å². The van der Waals surface area contributed by atoms with Crippen molar-refractivity contribution in [3.63, 3.8) is 0 Å². The number of aliphatic imine (C=N–C) groups is 1. The molecule has 0 bridgehead atoms. The molecule has 0 saturated heterocycles. The Bertz CT molecular complexity index is 194. The van der Waals surface area contributed by atoms with Crippen LogP contribution in [-0.2, 0) is 0 Å². The largest absolute Gasteiger partial charge is 0.350 e. The molecule has 0 amide bonds. The number of nitrogens with one attached hydrogen (secondary N) is 2. The van der Waals surface area contributed by atoms with Crippen LogP contribution < -0.4 is 16.6 Å². The highest BCUT2D eigenvalue weighted by Gasteiger charge is 2.29. The number of hydrogen-bond acceptors (Lipinski definition) is 2. The Balaban J connectivity index is 2.46. The van der Waals surface area contributed by atoms with Crippen LogP contribution >= 0.6 is 0 Å². The number of hydrogen-bond donors (Lipinski definition) is 3. The highest BCUT2D eigenvalue weighted by Crippen LogP contribution is 2.28. The summed E-state index contributed by atoms with van der Waals surface area (Å²) in [7, 11) is 0. The lowest BCUT2D eigenvalue weighted by Crippen LogP contribution is -2.51. The Kier molecular flexibility index (Phi) is 4.20. The molecule has 1 aliphatic carbocycles. The van der Waals surface area contributed by atoms with E-state index in [-0.39, 0.29) is 5.54 Å². The van der Waals surface area contributed by atoms with Gasteiger partial charge in [-0.2, -0.15) is 0 Å². The summed E-state index contributed by atoms with van der Waals surface area (Å²) in [5.41, 5.74) is 2.82. The average Bonchev–Trinajstić information content (AvgIpc) is 2.60. The molecule has 0 unspecified atom stereocenters. The highest BCUT2D eigenvalue weighted by atomic mass is 15.3. The van der Waals surface area contributed by atoms with Crippen molar-refractivity contribution in [1.29, 1.82) is 0 Å². The van der Waals surface area contributed by atoms with Gasteiger partial charge < -0.3 is 5.32 Å². The summed E-state index contributed by atoms with van der Waals surface area (Å²) in [5.74, 6) is 6.14. The Morgan fingerprint density at radius 3 is 2.57 bits per heavy atom. The second kappa shape index (κ2) is 5.20. The van der Waals surface area contributed by atoms with Crippen molar-refractivity contribution < 1.29 is 0 Å². The zero-order valence-electron chi connectivity index (χ0n) is 9.27.